The highest BCUT2D eigenvalue weighted by Crippen LogP contribution is 2.27. The fraction of sp³-hybridized carbons (Fsp3) is 0.435. The van der Waals surface area contributed by atoms with Crippen molar-refractivity contribution in [3.05, 3.63) is 65.0 Å². The Morgan fingerprint density at radius 2 is 1.79 bits per heavy atom. The van der Waals surface area contributed by atoms with Crippen LogP contribution in [-0.2, 0) is 12.7 Å². The SMILES string of the molecule is Cc1ccc(C2=NN(C(=O)NCc3ccc(C(F)(F)F)nc3)CC2N2CCN(C)CC2)cc1. The number of hydrogen-bond donors (Lipinski definition) is 1. The van der Waals surface area contributed by atoms with Crippen LogP contribution in [0.1, 0.15) is 22.4 Å². The van der Waals surface area contributed by atoms with E-state index in [9.17, 15) is 18.0 Å². The molecule has 0 aliphatic carbocycles. The van der Waals surface area contributed by atoms with Crippen LogP contribution in [-0.4, -0.2) is 77.3 Å². The number of aromatic nitrogens is 1. The molecule has 1 aromatic carbocycles. The van der Waals surface area contributed by atoms with E-state index >= 15 is 0 Å². The second kappa shape index (κ2) is 9.48. The molecule has 0 bridgehead atoms. The van der Waals surface area contributed by atoms with E-state index < -0.39 is 17.9 Å². The van der Waals surface area contributed by atoms with E-state index in [0.29, 0.717) is 12.1 Å². The van der Waals surface area contributed by atoms with Crippen LogP contribution < -0.4 is 5.32 Å². The van der Waals surface area contributed by atoms with Gasteiger partial charge in [0.1, 0.15) is 5.69 Å². The number of rotatable bonds is 4. The lowest BCUT2D eigenvalue weighted by molar-refractivity contribution is -0.141. The van der Waals surface area contributed by atoms with Crippen molar-refractivity contribution in [1.82, 2.24) is 25.1 Å². The van der Waals surface area contributed by atoms with Crippen molar-refractivity contribution in [3.63, 3.8) is 0 Å². The molecule has 2 aliphatic heterocycles. The van der Waals surface area contributed by atoms with Crippen LogP contribution >= 0.6 is 0 Å². The number of pyridine rings is 1. The van der Waals surface area contributed by atoms with Gasteiger partial charge < -0.3 is 10.2 Å². The highest BCUT2D eigenvalue weighted by molar-refractivity contribution is 6.06. The summed E-state index contributed by atoms with van der Waals surface area (Å²) in [5, 5.41) is 8.80. The summed E-state index contributed by atoms with van der Waals surface area (Å²) >= 11 is 0. The Balaban J connectivity index is 1.46. The van der Waals surface area contributed by atoms with Gasteiger partial charge in [-0.05, 0) is 31.2 Å². The van der Waals surface area contributed by atoms with E-state index in [0.717, 1.165) is 55.3 Å². The molecular formula is C23H27F3N6O. The first-order chi connectivity index (χ1) is 15.7. The van der Waals surface area contributed by atoms with E-state index in [-0.39, 0.29) is 12.6 Å². The number of urea groups is 1. The van der Waals surface area contributed by atoms with Gasteiger partial charge in [-0.3, -0.25) is 9.88 Å². The van der Waals surface area contributed by atoms with Gasteiger partial charge in [0.15, 0.2) is 0 Å². The molecule has 10 heteroatoms. The molecule has 2 aromatic rings. The molecule has 1 aromatic heterocycles. The Morgan fingerprint density at radius 3 is 2.39 bits per heavy atom. The number of nitrogens with zero attached hydrogens (tertiary/aromatic N) is 5. The Labute approximate surface area is 190 Å². The molecule has 2 aliphatic rings. The molecule has 4 rings (SSSR count). The van der Waals surface area contributed by atoms with Crippen LogP contribution in [0.3, 0.4) is 0 Å². The average molecular weight is 461 g/mol. The minimum Gasteiger partial charge on any atom is -0.332 e. The summed E-state index contributed by atoms with van der Waals surface area (Å²) < 4.78 is 38.1. The Kier molecular flexibility index (Phi) is 6.66. The number of alkyl halides is 3. The summed E-state index contributed by atoms with van der Waals surface area (Å²) in [4.78, 5) is 20.9. The summed E-state index contributed by atoms with van der Waals surface area (Å²) in [6, 6.07) is 9.91. The van der Waals surface area contributed by atoms with Gasteiger partial charge in [-0.2, -0.15) is 18.3 Å². The zero-order valence-electron chi connectivity index (χ0n) is 18.6. The predicted octanol–water partition coefficient (Wildman–Crippen LogP) is 2.95. The number of halogens is 3. The van der Waals surface area contributed by atoms with E-state index in [2.05, 4.69) is 32.2 Å². The standard InChI is InChI=1S/C23H27F3N6O/c1-16-3-6-18(7-4-16)21-19(31-11-9-30(2)10-12-31)15-32(29-21)22(33)28-14-17-5-8-20(27-13-17)23(24,25)26/h3-8,13,19H,9-12,14-15H2,1-2H3,(H,28,33). The summed E-state index contributed by atoms with van der Waals surface area (Å²) in [7, 11) is 2.09. The third-order valence-electron chi connectivity index (χ3n) is 6.01. The number of hydrogen-bond acceptors (Lipinski definition) is 5. The predicted molar refractivity (Wildman–Crippen MR) is 119 cm³/mol. The van der Waals surface area contributed by atoms with Crippen LogP contribution in [0.2, 0.25) is 0 Å². The monoisotopic (exact) mass is 460 g/mol. The minimum absolute atomic E-state index is 0.0140. The molecule has 1 unspecified atom stereocenters. The van der Waals surface area contributed by atoms with Gasteiger partial charge in [0, 0.05) is 38.9 Å². The van der Waals surface area contributed by atoms with Crippen molar-refractivity contribution < 1.29 is 18.0 Å². The van der Waals surface area contributed by atoms with E-state index in [1.165, 1.54) is 11.1 Å². The molecule has 0 spiro atoms. The maximum Gasteiger partial charge on any atom is 0.433 e. The number of likely N-dealkylation sites (N-methyl/N-ethyl adjacent to an activating group) is 1. The summed E-state index contributed by atoms with van der Waals surface area (Å²) in [5.74, 6) is 0. The molecule has 3 heterocycles. The molecule has 1 fully saturated rings. The molecule has 0 saturated carbocycles. The first-order valence-corrected chi connectivity index (χ1v) is 10.9. The molecule has 2 amide bonds. The highest BCUT2D eigenvalue weighted by atomic mass is 19.4. The Hall–Kier alpha value is -2.98. The molecule has 1 saturated heterocycles. The van der Waals surface area contributed by atoms with Gasteiger partial charge in [0.05, 0.1) is 18.3 Å². The van der Waals surface area contributed by atoms with Crippen LogP contribution in [0.25, 0.3) is 0 Å². The smallest absolute Gasteiger partial charge is 0.332 e. The van der Waals surface area contributed by atoms with Gasteiger partial charge in [-0.1, -0.05) is 35.9 Å². The number of benzene rings is 1. The fourth-order valence-corrected chi connectivity index (χ4v) is 3.98. The van der Waals surface area contributed by atoms with Crippen molar-refractivity contribution in [2.45, 2.75) is 25.7 Å². The Morgan fingerprint density at radius 1 is 1.09 bits per heavy atom. The number of nitrogens with one attached hydrogen (secondary N) is 1. The molecule has 0 radical (unpaired) electrons. The van der Waals surface area contributed by atoms with Crippen molar-refractivity contribution in [1.29, 1.82) is 0 Å². The number of hydrazone groups is 1. The molecule has 33 heavy (non-hydrogen) atoms. The maximum atomic E-state index is 12.8. The quantitative estimate of drug-likeness (QED) is 0.762. The van der Waals surface area contributed by atoms with Crippen molar-refractivity contribution in [2.75, 3.05) is 39.8 Å². The van der Waals surface area contributed by atoms with E-state index in [1.807, 2.05) is 31.2 Å². The van der Waals surface area contributed by atoms with E-state index in [4.69, 9.17) is 0 Å². The van der Waals surface area contributed by atoms with Crippen LogP contribution in [0, 0.1) is 6.92 Å². The van der Waals surface area contributed by atoms with Crippen LogP contribution in [0.4, 0.5) is 18.0 Å². The lowest BCUT2D eigenvalue weighted by Crippen LogP contribution is -2.53. The summed E-state index contributed by atoms with van der Waals surface area (Å²) in [6.07, 6.45) is -3.36. The van der Waals surface area contributed by atoms with Gasteiger partial charge >= 0.3 is 12.2 Å². The lowest BCUT2D eigenvalue weighted by Gasteiger charge is -2.36. The van der Waals surface area contributed by atoms with Crippen molar-refractivity contribution in [3.8, 4) is 0 Å². The zero-order chi connectivity index (χ0) is 23.6. The first-order valence-electron chi connectivity index (χ1n) is 10.9. The Bertz CT molecular complexity index is 998. The lowest BCUT2D eigenvalue weighted by atomic mass is 10.0. The van der Waals surface area contributed by atoms with Crippen LogP contribution in [0.15, 0.2) is 47.7 Å². The first kappa shape index (κ1) is 23.2. The normalized spacial score (nSPS) is 20.1. The fourth-order valence-electron chi connectivity index (χ4n) is 3.98. The topological polar surface area (TPSA) is 64.1 Å². The van der Waals surface area contributed by atoms with Crippen molar-refractivity contribution in [2.24, 2.45) is 5.10 Å². The zero-order valence-corrected chi connectivity index (χ0v) is 18.6. The van der Waals surface area contributed by atoms with Gasteiger partial charge in [-0.25, -0.2) is 9.80 Å². The third-order valence-corrected chi connectivity index (χ3v) is 6.01. The number of amides is 2. The second-order valence-electron chi connectivity index (χ2n) is 8.50. The number of carbonyl (C=O) groups is 1. The number of aryl methyl sites for hydroxylation is 1. The minimum atomic E-state index is -4.49. The van der Waals surface area contributed by atoms with Crippen LogP contribution in [0.5, 0.6) is 0 Å². The van der Waals surface area contributed by atoms with Gasteiger partial charge in [0.25, 0.3) is 0 Å². The maximum absolute atomic E-state index is 12.8. The summed E-state index contributed by atoms with van der Waals surface area (Å²) in [6.45, 7) is 6.18. The van der Waals surface area contributed by atoms with Gasteiger partial charge in [0.2, 0.25) is 0 Å². The number of carbonyl (C=O) groups excluding carboxylic acids is 1. The molecule has 7 nitrogen and oxygen atoms in total. The second-order valence-corrected chi connectivity index (χ2v) is 8.50. The average Bonchev–Trinajstić information content (AvgIpc) is 3.24. The molecular weight excluding hydrogens is 433 g/mol. The largest absolute Gasteiger partial charge is 0.433 e. The van der Waals surface area contributed by atoms with Crippen molar-refractivity contribution >= 4 is 11.7 Å². The molecule has 176 valence electrons. The molecule has 1 N–H and O–H groups in total. The van der Waals surface area contributed by atoms with E-state index in [1.54, 1.807) is 0 Å². The molecule has 1 atom stereocenters. The number of piperazine rings is 1. The third kappa shape index (κ3) is 5.51. The summed E-state index contributed by atoms with van der Waals surface area (Å²) in [5.41, 5.74) is 2.50. The highest BCUT2D eigenvalue weighted by Gasteiger charge is 2.36. The van der Waals surface area contributed by atoms with Gasteiger partial charge in [-0.15, -0.1) is 0 Å².